The molecule has 2 rings (SSSR count). The summed E-state index contributed by atoms with van der Waals surface area (Å²) in [7, 11) is -3.55. The summed E-state index contributed by atoms with van der Waals surface area (Å²) in [5, 5.41) is 10.0. The molecular weight excluding hydrogens is 326 g/mol. The van der Waals surface area contributed by atoms with Crippen molar-refractivity contribution in [2.45, 2.75) is 6.42 Å². The van der Waals surface area contributed by atoms with Gasteiger partial charge in [0.15, 0.2) is 0 Å². The predicted octanol–water partition coefficient (Wildman–Crippen LogP) is 1.53. The fourth-order valence-electron chi connectivity index (χ4n) is 2.43. The Morgan fingerprint density at radius 3 is 2.58 bits per heavy atom. The molecule has 1 aromatic rings. The Labute approximate surface area is 144 Å². The summed E-state index contributed by atoms with van der Waals surface area (Å²) < 4.78 is 31.8. The molecule has 0 aromatic heterocycles. The first kappa shape index (κ1) is 18.6. The number of nitrogens with zero attached hydrogens (tertiary/aromatic N) is 3. The van der Waals surface area contributed by atoms with Gasteiger partial charge in [-0.05, 0) is 11.6 Å². The van der Waals surface area contributed by atoms with Crippen molar-refractivity contribution >= 4 is 16.1 Å². The Balaban J connectivity index is 2.01. The molecule has 130 valence electrons. The first-order chi connectivity index (χ1) is 11.6. The summed E-state index contributed by atoms with van der Waals surface area (Å²) in [4.78, 5) is 2.18. The number of morpholine rings is 1. The van der Waals surface area contributed by atoms with E-state index >= 15 is 0 Å². The van der Waals surface area contributed by atoms with Crippen LogP contribution in [0.1, 0.15) is 12.0 Å². The maximum absolute atomic E-state index is 12.6. The van der Waals surface area contributed by atoms with Gasteiger partial charge in [0.2, 0.25) is 10.0 Å². The molecule has 6 nitrogen and oxygen atoms in total. The zero-order valence-electron chi connectivity index (χ0n) is 13.7. The second-order valence-corrected chi connectivity index (χ2v) is 7.34. The third-order valence-corrected chi connectivity index (χ3v) is 5.40. The molecule has 0 unspecified atom stereocenters. The van der Waals surface area contributed by atoms with Gasteiger partial charge in [-0.1, -0.05) is 30.3 Å². The summed E-state index contributed by atoms with van der Waals surface area (Å²) in [6, 6.07) is 11.3. The van der Waals surface area contributed by atoms with Gasteiger partial charge in [-0.3, -0.25) is 4.90 Å². The standard InChI is InChI=1S/C17H23N3O3S/c18-8-4-9-20(11-10-19-12-14-23-15-13-19)24(21,22)16-7-17-5-2-1-3-6-17/h1-3,5-7,16H,4,9-15H2. The molecular formula is C17H23N3O3S. The van der Waals surface area contributed by atoms with E-state index in [0.29, 0.717) is 26.3 Å². The number of rotatable bonds is 8. The summed E-state index contributed by atoms with van der Waals surface area (Å²) in [5.74, 6) is 0. The first-order valence-electron chi connectivity index (χ1n) is 8.02. The molecule has 0 bridgehead atoms. The average molecular weight is 349 g/mol. The van der Waals surface area contributed by atoms with Crippen LogP contribution in [0.4, 0.5) is 0 Å². The summed E-state index contributed by atoms with van der Waals surface area (Å²) in [5.41, 5.74) is 0.828. The molecule has 1 fully saturated rings. The van der Waals surface area contributed by atoms with Gasteiger partial charge >= 0.3 is 0 Å². The van der Waals surface area contributed by atoms with Crippen LogP contribution in [0.5, 0.6) is 0 Å². The van der Waals surface area contributed by atoms with Gasteiger partial charge in [0, 0.05) is 44.6 Å². The average Bonchev–Trinajstić information content (AvgIpc) is 2.62. The minimum atomic E-state index is -3.55. The maximum atomic E-state index is 12.6. The van der Waals surface area contributed by atoms with E-state index < -0.39 is 10.0 Å². The van der Waals surface area contributed by atoms with Crippen molar-refractivity contribution in [2.75, 3.05) is 45.9 Å². The normalized spacial score (nSPS) is 16.5. The fourth-order valence-corrected chi connectivity index (χ4v) is 3.62. The van der Waals surface area contributed by atoms with Crippen LogP contribution >= 0.6 is 0 Å². The molecule has 0 aliphatic carbocycles. The second-order valence-electron chi connectivity index (χ2n) is 5.52. The van der Waals surface area contributed by atoms with Gasteiger partial charge in [-0.15, -0.1) is 0 Å². The van der Waals surface area contributed by atoms with Crippen LogP contribution in [0.15, 0.2) is 35.7 Å². The lowest BCUT2D eigenvalue weighted by atomic mass is 10.2. The van der Waals surface area contributed by atoms with E-state index in [1.165, 1.54) is 9.71 Å². The Hall–Kier alpha value is -1.72. The molecule has 24 heavy (non-hydrogen) atoms. The summed E-state index contributed by atoms with van der Waals surface area (Å²) >= 11 is 0. The number of hydrogen-bond acceptors (Lipinski definition) is 5. The molecule has 0 N–H and O–H groups in total. The van der Waals surface area contributed by atoms with E-state index in [1.807, 2.05) is 36.4 Å². The van der Waals surface area contributed by atoms with Crippen molar-refractivity contribution in [1.29, 1.82) is 5.26 Å². The van der Waals surface area contributed by atoms with Gasteiger partial charge in [-0.2, -0.15) is 9.57 Å². The number of hydrogen-bond donors (Lipinski definition) is 0. The molecule has 1 aliphatic rings. The van der Waals surface area contributed by atoms with E-state index in [0.717, 1.165) is 18.7 Å². The minimum Gasteiger partial charge on any atom is -0.379 e. The van der Waals surface area contributed by atoms with Gasteiger partial charge < -0.3 is 4.74 Å². The van der Waals surface area contributed by atoms with Gasteiger partial charge in [-0.25, -0.2) is 8.42 Å². The summed E-state index contributed by atoms with van der Waals surface area (Å²) in [6.45, 7) is 4.22. The van der Waals surface area contributed by atoms with Gasteiger partial charge in [0.05, 0.1) is 19.3 Å². The molecule has 0 amide bonds. The highest BCUT2D eigenvalue weighted by Gasteiger charge is 2.20. The molecule has 1 heterocycles. The van der Waals surface area contributed by atoms with Crippen molar-refractivity contribution in [2.24, 2.45) is 0 Å². The van der Waals surface area contributed by atoms with Crippen LogP contribution in [0.3, 0.4) is 0 Å². The first-order valence-corrected chi connectivity index (χ1v) is 9.52. The molecule has 1 saturated heterocycles. The van der Waals surface area contributed by atoms with Crippen LogP contribution in [-0.2, 0) is 14.8 Å². The quantitative estimate of drug-likeness (QED) is 0.712. The van der Waals surface area contributed by atoms with E-state index in [2.05, 4.69) is 4.90 Å². The van der Waals surface area contributed by atoms with Crippen molar-refractivity contribution in [3.8, 4) is 6.07 Å². The maximum Gasteiger partial charge on any atom is 0.236 e. The van der Waals surface area contributed by atoms with Crippen molar-refractivity contribution in [1.82, 2.24) is 9.21 Å². The Bertz CT molecular complexity index is 662. The van der Waals surface area contributed by atoms with Gasteiger partial charge in [0.1, 0.15) is 0 Å². The third-order valence-electron chi connectivity index (χ3n) is 3.83. The van der Waals surface area contributed by atoms with Crippen molar-refractivity contribution < 1.29 is 13.2 Å². The highest BCUT2D eigenvalue weighted by molar-refractivity contribution is 7.92. The third kappa shape index (κ3) is 6.06. The molecule has 1 aromatic carbocycles. The van der Waals surface area contributed by atoms with Crippen LogP contribution in [0.2, 0.25) is 0 Å². The highest BCUT2D eigenvalue weighted by atomic mass is 32.2. The SMILES string of the molecule is N#CCCN(CCN1CCOCC1)S(=O)(=O)C=Cc1ccccc1. The fraction of sp³-hybridized carbons (Fsp3) is 0.471. The van der Waals surface area contributed by atoms with Crippen LogP contribution in [0, 0.1) is 11.3 Å². The lowest BCUT2D eigenvalue weighted by molar-refractivity contribution is 0.0364. The number of sulfonamides is 1. The van der Waals surface area contributed by atoms with E-state index in [9.17, 15) is 8.42 Å². The lowest BCUT2D eigenvalue weighted by Gasteiger charge is -2.29. The number of nitriles is 1. The molecule has 0 spiro atoms. The molecule has 1 aliphatic heterocycles. The molecule has 0 radical (unpaired) electrons. The lowest BCUT2D eigenvalue weighted by Crippen LogP contribution is -2.42. The van der Waals surface area contributed by atoms with E-state index in [-0.39, 0.29) is 13.0 Å². The number of benzene rings is 1. The van der Waals surface area contributed by atoms with Crippen LogP contribution in [0.25, 0.3) is 6.08 Å². The smallest absolute Gasteiger partial charge is 0.236 e. The van der Waals surface area contributed by atoms with Crippen LogP contribution in [-0.4, -0.2) is 63.6 Å². The predicted molar refractivity (Wildman–Crippen MR) is 93.5 cm³/mol. The monoisotopic (exact) mass is 349 g/mol. The second kappa shape index (κ2) is 9.55. The Morgan fingerprint density at radius 1 is 1.21 bits per heavy atom. The molecule has 0 saturated carbocycles. The van der Waals surface area contributed by atoms with E-state index in [4.69, 9.17) is 10.00 Å². The van der Waals surface area contributed by atoms with Crippen molar-refractivity contribution in [3.05, 3.63) is 41.3 Å². The zero-order valence-corrected chi connectivity index (χ0v) is 14.5. The largest absolute Gasteiger partial charge is 0.379 e. The van der Waals surface area contributed by atoms with Crippen LogP contribution < -0.4 is 0 Å². The highest BCUT2D eigenvalue weighted by Crippen LogP contribution is 2.09. The van der Waals surface area contributed by atoms with Gasteiger partial charge in [0.25, 0.3) is 0 Å². The zero-order chi connectivity index (χ0) is 17.3. The van der Waals surface area contributed by atoms with Crippen molar-refractivity contribution in [3.63, 3.8) is 0 Å². The van der Waals surface area contributed by atoms with E-state index in [1.54, 1.807) is 6.08 Å². The molecule has 0 atom stereocenters. The Morgan fingerprint density at radius 2 is 1.92 bits per heavy atom. The topological polar surface area (TPSA) is 73.6 Å². The molecule has 7 heteroatoms. The number of ether oxygens (including phenoxy) is 1. The Kier molecular flexibility index (Phi) is 7.40. The summed E-state index contributed by atoms with van der Waals surface area (Å²) in [6.07, 6.45) is 1.77. The minimum absolute atomic E-state index is 0.182.